The molecule has 2 aliphatic heterocycles. The Kier molecular flexibility index (Phi) is 4.32. The number of carbonyl (C=O) groups excluding carboxylic acids is 1. The van der Waals surface area contributed by atoms with E-state index >= 15 is 0 Å². The molecule has 1 fully saturated rings. The minimum Gasteiger partial charge on any atom is -0.376 e. The van der Waals surface area contributed by atoms with Crippen molar-refractivity contribution in [1.29, 1.82) is 0 Å². The number of benzene rings is 1. The average Bonchev–Trinajstić information content (AvgIpc) is 3.29. The molecular formula is C18H21N3O3. The number of carbonyl (C=O) groups is 1. The highest BCUT2D eigenvalue weighted by atomic mass is 16.5. The summed E-state index contributed by atoms with van der Waals surface area (Å²) in [7, 11) is 0. The average molecular weight is 327 g/mol. The number of nitrogens with zero attached hydrogens (tertiary/aromatic N) is 2. The number of imidazole rings is 1. The van der Waals surface area contributed by atoms with E-state index in [4.69, 9.17) is 9.47 Å². The van der Waals surface area contributed by atoms with Gasteiger partial charge in [-0.25, -0.2) is 4.98 Å². The van der Waals surface area contributed by atoms with Crippen LogP contribution in [0.2, 0.25) is 0 Å². The summed E-state index contributed by atoms with van der Waals surface area (Å²) in [5.74, 6) is -0.152. The molecule has 2 aromatic rings. The standard InChI is InChI=1S/C18H21N3O3/c22-18(19-9-14-7-4-8-23-14)17-15-11-24-16(10-21(15)12-20-17)13-5-2-1-3-6-13/h1-3,5-6,12,14,16H,4,7-11H2,(H,19,22)/t14-,16-/m0/s1. The Morgan fingerprint density at radius 3 is 2.96 bits per heavy atom. The Labute approximate surface area is 140 Å². The van der Waals surface area contributed by atoms with Gasteiger partial charge < -0.3 is 19.4 Å². The maximum atomic E-state index is 12.4. The molecule has 0 bridgehead atoms. The number of ether oxygens (including phenoxy) is 2. The van der Waals surface area contributed by atoms with E-state index in [9.17, 15) is 4.79 Å². The fraction of sp³-hybridized carbons (Fsp3) is 0.444. The van der Waals surface area contributed by atoms with E-state index in [-0.39, 0.29) is 18.1 Å². The van der Waals surface area contributed by atoms with E-state index < -0.39 is 0 Å². The highest BCUT2D eigenvalue weighted by Gasteiger charge is 2.26. The highest BCUT2D eigenvalue weighted by Crippen LogP contribution is 2.27. The SMILES string of the molecule is O=C(NC[C@@H]1CCCO1)c1ncn2c1CO[C@H](c1ccccc1)C2. The Hall–Kier alpha value is -2.18. The van der Waals surface area contributed by atoms with Gasteiger partial charge in [0.1, 0.15) is 6.10 Å². The molecule has 2 aliphatic rings. The van der Waals surface area contributed by atoms with Crippen LogP contribution in [0.1, 0.15) is 40.7 Å². The smallest absolute Gasteiger partial charge is 0.271 e. The molecule has 0 unspecified atom stereocenters. The molecule has 2 atom stereocenters. The Morgan fingerprint density at radius 1 is 1.29 bits per heavy atom. The summed E-state index contributed by atoms with van der Waals surface area (Å²) in [4.78, 5) is 16.7. The Bertz CT molecular complexity index is 708. The third kappa shape index (κ3) is 3.07. The summed E-state index contributed by atoms with van der Waals surface area (Å²) >= 11 is 0. The van der Waals surface area contributed by atoms with E-state index in [1.807, 2.05) is 22.8 Å². The number of fused-ring (bicyclic) bond motifs is 1. The van der Waals surface area contributed by atoms with Crippen LogP contribution in [0.3, 0.4) is 0 Å². The molecule has 0 radical (unpaired) electrons. The molecule has 6 nitrogen and oxygen atoms in total. The second-order valence-corrected chi connectivity index (χ2v) is 6.25. The zero-order valence-corrected chi connectivity index (χ0v) is 13.5. The number of rotatable bonds is 4. The van der Waals surface area contributed by atoms with Crippen LogP contribution in [0.15, 0.2) is 36.7 Å². The monoisotopic (exact) mass is 327 g/mol. The summed E-state index contributed by atoms with van der Waals surface area (Å²) in [6, 6.07) is 10.1. The molecule has 24 heavy (non-hydrogen) atoms. The van der Waals surface area contributed by atoms with Gasteiger partial charge in [-0.15, -0.1) is 0 Å². The van der Waals surface area contributed by atoms with Crippen molar-refractivity contribution in [2.75, 3.05) is 13.2 Å². The zero-order valence-electron chi connectivity index (χ0n) is 13.5. The van der Waals surface area contributed by atoms with Crippen LogP contribution in [0.25, 0.3) is 0 Å². The van der Waals surface area contributed by atoms with Crippen molar-refractivity contribution in [3.05, 3.63) is 53.6 Å². The second-order valence-electron chi connectivity index (χ2n) is 6.25. The van der Waals surface area contributed by atoms with Crippen molar-refractivity contribution in [2.45, 2.75) is 38.2 Å². The quantitative estimate of drug-likeness (QED) is 0.933. The van der Waals surface area contributed by atoms with Crippen LogP contribution >= 0.6 is 0 Å². The zero-order chi connectivity index (χ0) is 16.4. The molecule has 6 heteroatoms. The van der Waals surface area contributed by atoms with Gasteiger partial charge in [-0.1, -0.05) is 30.3 Å². The van der Waals surface area contributed by atoms with Crippen molar-refractivity contribution in [3.8, 4) is 0 Å². The first-order valence-corrected chi connectivity index (χ1v) is 8.41. The molecule has 1 N–H and O–H groups in total. The topological polar surface area (TPSA) is 65.4 Å². The summed E-state index contributed by atoms with van der Waals surface area (Å²) in [6.07, 6.45) is 3.93. The van der Waals surface area contributed by atoms with Gasteiger partial charge in [0.25, 0.3) is 5.91 Å². The predicted molar refractivity (Wildman–Crippen MR) is 87.5 cm³/mol. The maximum Gasteiger partial charge on any atom is 0.271 e. The van der Waals surface area contributed by atoms with Gasteiger partial charge in [0, 0.05) is 13.2 Å². The fourth-order valence-corrected chi connectivity index (χ4v) is 3.28. The van der Waals surface area contributed by atoms with E-state index in [1.54, 1.807) is 6.33 Å². The number of nitrogens with one attached hydrogen (secondary N) is 1. The van der Waals surface area contributed by atoms with Crippen molar-refractivity contribution in [3.63, 3.8) is 0 Å². The second kappa shape index (κ2) is 6.75. The van der Waals surface area contributed by atoms with Gasteiger partial charge in [0.05, 0.1) is 31.3 Å². The third-order valence-corrected chi connectivity index (χ3v) is 4.63. The van der Waals surface area contributed by atoms with E-state index in [0.29, 0.717) is 25.4 Å². The van der Waals surface area contributed by atoms with Crippen LogP contribution < -0.4 is 5.32 Å². The largest absolute Gasteiger partial charge is 0.376 e. The van der Waals surface area contributed by atoms with Crippen molar-refractivity contribution in [2.24, 2.45) is 0 Å². The Morgan fingerprint density at radius 2 is 2.17 bits per heavy atom. The van der Waals surface area contributed by atoms with Crippen molar-refractivity contribution >= 4 is 5.91 Å². The first-order chi connectivity index (χ1) is 11.8. The summed E-state index contributed by atoms with van der Waals surface area (Å²) < 4.78 is 13.5. The minimum atomic E-state index is -0.152. The molecule has 0 saturated carbocycles. The van der Waals surface area contributed by atoms with Crippen LogP contribution in [0.5, 0.6) is 0 Å². The van der Waals surface area contributed by atoms with E-state index in [2.05, 4.69) is 22.4 Å². The van der Waals surface area contributed by atoms with Gasteiger partial charge >= 0.3 is 0 Å². The van der Waals surface area contributed by atoms with Crippen LogP contribution in [0.4, 0.5) is 0 Å². The van der Waals surface area contributed by atoms with Crippen LogP contribution in [-0.4, -0.2) is 34.7 Å². The summed E-state index contributed by atoms with van der Waals surface area (Å²) in [6.45, 7) is 2.39. The first-order valence-electron chi connectivity index (χ1n) is 8.41. The van der Waals surface area contributed by atoms with E-state index in [1.165, 1.54) is 0 Å². The van der Waals surface area contributed by atoms with Crippen LogP contribution in [0, 0.1) is 0 Å². The molecule has 3 heterocycles. The van der Waals surface area contributed by atoms with Gasteiger partial charge in [0.15, 0.2) is 5.69 Å². The van der Waals surface area contributed by atoms with Gasteiger partial charge in [0.2, 0.25) is 0 Å². The van der Waals surface area contributed by atoms with Gasteiger partial charge in [-0.2, -0.15) is 0 Å². The molecular weight excluding hydrogens is 306 g/mol. The predicted octanol–water partition coefficient (Wildman–Crippen LogP) is 2.06. The molecule has 4 rings (SSSR count). The lowest BCUT2D eigenvalue weighted by molar-refractivity contribution is 0.00256. The molecule has 1 saturated heterocycles. The van der Waals surface area contributed by atoms with Crippen molar-refractivity contribution in [1.82, 2.24) is 14.9 Å². The number of hydrogen-bond acceptors (Lipinski definition) is 4. The fourth-order valence-electron chi connectivity index (χ4n) is 3.28. The number of amides is 1. The third-order valence-electron chi connectivity index (χ3n) is 4.63. The highest BCUT2D eigenvalue weighted by molar-refractivity contribution is 5.93. The molecule has 0 spiro atoms. The normalized spacial score (nSPS) is 23.0. The lowest BCUT2D eigenvalue weighted by Crippen LogP contribution is -2.33. The van der Waals surface area contributed by atoms with E-state index in [0.717, 1.165) is 30.7 Å². The maximum absolute atomic E-state index is 12.4. The minimum absolute atomic E-state index is 0.00398. The molecule has 1 aromatic carbocycles. The van der Waals surface area contributed by atoms with Crippen LogP contribution in [-0.2, 0) is 22.6 Å². The number of hydrogen-bond donors (Lipinski definition) is 1. The Balaban J connectivity index is 1.43. The first kappa shape index (κ1) is 15.4. The van der Waals surface area contributed by atoms with Gasteiger partial charge in [-0.3, -0.25) is 4.79 Å². The van der Waals surface area contributed by atoms with Crippen molar-refractivity contribution < 1.29 is 14.3 Å². The molecule has 126 valence electrons. The molecule has 1 amide bonds. The van der Waals surface area contributed by atoms with Gasteiger partial charge in [-0.05, 0) is 18.4 Å². The lowest BCUT2D eigenvalue weighted by Gasteiger charge is -2.25. The molecule has 0 aliphatic carbocycles. The summed E-state index contributed by atoms with van der Waals surface area (Å²) in [5.41, 5.74) is 2.44. The molecule has 1 aromatic heterocycles. The number of aromatic nitrogens is 2. The summed E-state index contributed by atoms with van der Waals surface area (Å²) in [5, 5.41) is 2.92. The lowest BCUT2D eigenvalue weighted by atomic mass is 10.1.